The van der Waals surface area contributed by atoms with Gasteiger partial charge in [-0.2, -0.15) is 4.31 Å². The zero-order valence-electron chi connectivity index (χ0n) is 15.7. The third-order valence-corrected chi connectivity index (χ3v) is 7.16. The molecule has 28 heavy (non-hydrogen) atoms. The van der Waals surface area contributed by atoms with Crippen molar-refractivity contribution >= 4 is 27.5 Å². The highest BCUT2D eigenvalue weighted by atomic mass is 35.5. The van der Waals surface area contributed by atoms with Gasteiger partial charge in [0.2, 0.25) is 15.9 Å². The normalized spacial score (nSPS) is 16.7. The van der Waals surface area contributed by atoms with Gasteiger partial charge in [0.05, 0.1) is 11.4 Å². The molecule has 0 bridgehead atoms. The summed E-state index contributed by atoms with van der Waals surface area (Å²) in [5.41, 5.74) is 0.941. The summed E-state index contributed by atoms with van der Waals surface area (Å²) >= 11 is 6.19. The highest BCUT2D eigenvalue weighted by Gasteiger charge is 2.29. The van der Waals surface area contributed by atoms with Gasteiger partial charge in [-0.15, -0.1) is 0 Å². The number of hydrogen-bond acceptors (Lipinski definition) is 4. The molecule has 0 aromatic heterocycles. The second-order valence-corrected chi connectivity index (χ2v) is 9.07. The molecule has 6 nitrogen and oxygen atoms in total. The Morgan fingerprint density at radius 2 is 1.64 bits per heavy atom. The second-order valence-electron chi connectivity index (χ2n) is 6.72. The number of nitrogens with zero attached hydrogens (tertiary/aromatic N) is 2. The molecule has 0 unspecified atom stereocenters. The van der Waals surface area contributed by atoms with Crippen LogP contribution in [0.25, 0.3) is 0 Å². The Morgan fingerprint density at radius 1 is 1.04 bits per heavy atom. The van der Waals surface area contributed by atoms with Crippen LogP contribution in [0.3, 0.4) is 0 Å². The van der Waals surface area contributed by atoms with Crippen LogP contribution >= 0.6 is 11.6 Å². The molecule has 0 radical (unpaired) electrons. The second kappa shape index (κ2) is 9.05. The van der Waals surface area contributed by atoms with Crippen molar-refractivity contribution in [3.8, 4) is 0 Å². The maximum absolute atomic E-state index is 12.7. The lowest BCUT2D eigenvalue weighted by Crippen LogP contribution is -2.52. The summed E-state index contributed by atoms with van der Waals surface area (Å²) in [6.45, 7) is 3.49. The number of carbonyl (C=O) groups excluding carboxylic acids is 1. The van der Waals surface area contributed by atoms with E-state index in [1.54, 1.807) is 35.2 Å². The number of piperazine rings is 1. The van der Waals surface area contributed by atoms with Gasteiger partial charge in [0.25, 0.3) is 0 Å². The van der Waals surface area contributed by atoms with E-state index < -0.39 is 10.0 Å². The predicted molar refractivity (Wildman–Crippen MR) is 110 cm³/mol. The van der Waals surface area contributed by atoms with Gasteiger partial charge in [-0.05, 0) is 30.7 Å². The van der Waals surface area contributed by atoms with E-state index in [4.69, 9.17) is 11.6 Å². The van der Waals surface area contributed by atoms with Crippen LogP contribution in [0.1, 0.15) is 18.5 Å². The summed E-state index contributed by atoms with van der Waals surface area (Å²) in [7, 11) is -3.51. The molecule has 1 amide bonds. The van der Waals surface area contributed by atoms with E-state index in [0.29, 0.717) is 31.2 Å². The first-order valence-corrected chi connectivity index (χ1v) is 11.0. The highest BCUT2D eigenvalue weighted by molar-refractivity contribution is 7.89. The Bertz CT molecular complexity index is 913. The molecule has 2 aromatic rings. The summed E-state index contributed by atoms with van der Waals surface area (Å²) in [6, 6.07) is 15.8. The van der Waals surface area contributed by atoms with Crippen LogP contribution in [-0.4, -0.2) is 56.3 Å². The number of carbonyl (C=O) groups is 1. The molecule has 1 atom stereocenters. The summed E-state index contributed by atoms with van der Waals surface area (Å²) < 4.78 is 26.8. The molecule has 2 aromatic carbocycles. The quantitative estimate of drug-likeness (QED) is 0.778. The minimum Gasteiger partial charge on any atom is -0.339 e. The minimum absolute atomic E-state index is 0.0457. The molecule has 1 aliphatic rings. The van der Waals surface area contributed by atoms with Gasteiger partial charge in [0, 0.05) is 37.2 Å². The number of hydrogen-bond donors (Lipinski definition) is 1. The van der Waals surface area contributed by atoms with Crippen molar-refractivity contribution in [3.05, 3.63) is 65.2 Å². The van der Waals surface area contributed by atoms with Crippen LogP contribution in [0.2, 0.25) is 5.02 Å². The van der Waals surface area contributed by atoms with Gasteiger partial charge in [-0.25, -0.2) is 8.42 Å². The molecular weight excluding hydrogens is 398 g/mol. The van der Waals surface area contributed by atoms with Crippen LogP contribution in [-0.2, 0) is 14.8 Å². The first-order valence-electron chi connectivity index (χ1n) is 9.20. The molecule has 3 rings (SSSR count). The van der Waals surface area contributed by atoms with Crippen LogP contribution in [0.15, 0.2) is 59.5 Å². The maximum atomic E-state index is 12.7. The molecule has 0 saturated carbocycles. The van der Waals surface area contributed by atoms with Crippen LogP contribution < -0.4 is 5.32 Å². The average molecular weight is 422 g/mol. The monoisotopic (exact) mass is 421 g/mol. The lowest BCUT2D eigenvalue weighted by Gasteiger charge is -2.34. The van der Waals surface area contributed by atoms with Gasteiger partial charge >= 0.3 is 0 Å². The maximum Gasteiger partial charge on any atom is 0.243 e. The molecule has 1 aliphatic heterocycles. The van der Waals surface area contributed by atoms with Crippen molar-refractivity contribution in [1.82, 2.24) is 14.5 Å². The number of sulfonamides is 1. The Hall–Kier alpha value is -1.93. The Labute approximate surface area is 171 Å². The molecule has 1 heterocycles. The first-order chi connectivity index (χ1) is 13.4. The fourth-order valence-corrected chi connectivity index (χ4v) is 4.95. The van der Waals surface area contributed by atoms with Gasteiger partial charge in [-0.3, -0.25) is 4.79 Å². The summed E-state index contributed by atoms with van der Waals surface area (Å²) in [6.07, 6.45) is 0. The van der Waals surface area contributed by atoms with Gasteiger partial charge in [0.1, 0.15) is 0 Å². The molecule has 150 valence electrons. The zero-order chi connectivity index (χ0) is 20.1. The summed E-state index contributed by atoms with van der Waals surface area (Å²) in [5, 5.41) is 3.86. The number of rotatable bonds is 6. The fraction of sp³-hybridized carbons (Fsp3) is 0.350. The zero-order valence-corrected chi connectivity index (χ0v) is 17.3. The summed E-state index contributed by atoms with van der Waals surface area (Å²) in [4.78, 5) is 14.5. The standard InChI is InChI=1S/C20H24ClN3O3S/c1-16(18-9-5-6-10-19(18)21)22-15-20(25)23-11-13-24(14-12-23)28(26,27)17-7-3-2-4-8-17/h2-10,16,22H,11-15H2,1H3/t16-/m0/s1. The Kier molecular flexibility index (Phi) is 6.72. The van der Waals surface area contributed by atoms with E-state index in [0.717, 1.165) is 5.56 Å². The largest absolute Gasteiger partial charge is 0.339 e. The lowest BCUT2D eigenvalue weighted by atomic mass is 10.1. The van der Waals surface area contributed by atoms with E-state index in [-0.39, 0.29) is 23.4 Å². The molecule has 0 spiro atoms. The average Bonchev–Trinajstić information content (AvgIpc) is 2.73. The van der Waals surface area contributed by atoms with E-state index in [1.165, 1.54) is 4.31 Å². The Morgan fingerprint density at radius 3 is 2.29 bits per heavy atom. The van der Waals surface area contributed by atoms with E-state index in [2.05, 4.69) is 5.32 Å². The molecule has 1 fully saturated rings. The van der Waals surface area contributed by atoms with Crippen molar-refractivity contribution in [1.29, 1.82) is 0 Å². The fourth-order valence-electron chi connectivity index (χ4n) is 3.21. The minimum atomic E-state index is -3.51. The SMILES string of the molecule is C[C@H](NCC(=O)N1CCN(S(=O)(=O)c2ccccc2)CC1)c1ccccc1Cl. The smallest absolute Gasteiger partial charge is 0.243 e. The highest BCUT2D eigenvalue weighted by Crippen LogP contribution is 2.22. The van der Waals surface area contributed by atoms with Crippen molar-refractivity contribution in [2.24, 2.45) is 0 Å². The number of amides is 1. The molecular formula is C20H24ClN3O3S. The third-order valence-electron chi connectivity index (χ3n) is 4.90. The van der Waals surface area contributed by atoms with E-state index in [9.17, 15) is 13.2 Å². The van der Waals surface area contributed by atoms with Crippen molar-refractivity contribution in [3.63, 3.8) is 0 Å². The van der Waals surface area contributed by atoms with Crippen molar-refractivity contribution in [2.45, 2.75) is 17.9 Å². The van der Waals surface area contributed by atoms with Crippen LogP contribution in [0.5, 0.6) is 0 Å². The number of nitrogens with one attached hydrogen (secondary N) is 1. The van der Waals surface area contributed by atoms with Crippen LogP contribution in [0, 0.1) is 0 Å². The molecule has 0 aliphatic carbocycles. The van der Waals surface area contributed by atoms with Crippen LogP contribution in [0.4, 0.5) is 0 Å². The Balaban J connectivity index is 1.52. The van der Waals surface area contributed by atoms with Crippen molar-refractivity contribution in [2.75, 3.05) is 32.7 Å². The van der Waals surface area contributed by atoms with Gasteiger partial charge < -0.3 is 10.2 Å². The van der Waals surface area contributed by atoms with Gasteiger partial charge in [-0.1, -0.05) is 48.0 Å². The van der Waals surface area contributed by atoms with Crippen molar-refractivity contribution < 1.29 is 13.2 Å². The van der Waals surface area contributed by atoms with E-state index >= 15 is 0 Å². The summed E-state index contributed by atoms with van der Waals surface area (Å²) in [5.74, 6) is -0.0457. The number of halogens is 1. The lowest BCUT2D eigenvalue weighted by molar-refractivity contribution is -0.131. The van der Waals surface area contributed by atoms with Gasteiger partial charge in [0.15, 0.2) is 0 Å². The predicted octanol–water partition coefficient (Wildman–Crippen LogP) is 2.52. The topological polar surface area (TPSA) is 69.7 Å². The van der Waals surface area contributed by atoms with E-state index in [1.807, 2.05) is 31.2 Å². The molecule has 1 saturated heterocycles. The third kappa shape index (κ3) is 4.72. The number of benzene rings is 2. The molecule has 8 heteroatoms. The first kappa shape index (κ1) is 20.8. The molecule has 1 N–H and O–H groups in total.